The molecule has 0 aliphatic rings. The molecule has 1 heterocycles. The molecule has 0 unspecified atom stereocenters. The standard InChI is InChI=1S/C15H18N2O/c1-11-8-12(6-7-17-11)15-5-4-14(18-3)9-13(15)10-16-2/h4-9,16H,10H2,1-3H3. The zero-order valence-electron chi connectivity index (χ0n) is 11.0. The molecule has 0 saturated heterocycles. The molecule has 0 amide bonds. The number of benzene rings is 1. The van der Waals surface area contributed by atoms with E-state index in [0.717, 1.165) is 18.0 Å². The zero-order valence-corrected chi connectivity index (χ0v) is 11.0. The maximum absolute atomic E-state index is 5.28. The SMILES string of the molecule is CNCc1cc(OC)ccc1-c1ccnc(C)c1. The van der Waals surface area contributed by atoms with Gasteiger partial charge >= 0.3 is 0 Å². The number of nitrogens with one attached hydrogen (secondary N) is 1. The third-order valence-electron chi connectivity index (χ3n) is 2.89. The van der Waals surface area contributed by atoms with Crippen molar-refractivity contribution in [1.29, 1.82) is 0 Å². The number of pyridine rings is 1. The number of hydrogen-bond donors (Lipinski definition) is 1. The molecule has 0 spiro atoms. The highest BCUT2D eigenvalue weighted by molar-refractivity contribution is 5.68. The fourth-order valence-electron chi connectivity index (χ4n) is 2.03. The van der Waals surface area contributed by atoms with Crippen LogP contribution >= 0.6 is 0 Å². The number of methoxy groups -OCH3 is 1. The minimum atomic E-state index is 0.813. The van der Waals surface area contributed by atoms with Crippen molar-refractivity contribution in [2.45, 2.75) is 13.5 Å². The summed E-state index contributed by atoms with van der Waals surface area (Å²) in [5, 5.41) is 3.19. The fraction of sp³-hybridized carbons (Fsp3) is 0.267. The van der Waals surface area contributed by atoms with Crippen molar-refractivity contribution in [3.63, 3.8) is 0 Å². The Morgan fingerprint density at radius 2 is 2.06 bits per heavy atom. The summed E-state index contributed by atoms with van der Waals surface area (Å²) < 4.78 is 5.28. The molecule has 0 saturated carbocycles. The van der Waals surface area contributed by atoms with Gasteiger partial charge in [0.05, 0.1) is 7.11 Å². The Labute approximate surface area is 108 Å². The smallest absolute Gasteiger partial charge is 0.119 e. The van der Waals surface area contributed by atoms with E-state index in [1.54, 1.807) is 7.11 Å². The lowest BCUT2D eigenvalue weighted by atomic mass is 9.99. The van der Waals surface area contributed by atoms with Crippen molar-refractivity contribution in [3.05, 3.63) is 47.8 Å². The summed E-state index contributed by atoms with van der Waals surface area (Å²) in [4.78, 5) is 4.23. The first-order chi connectivity index (χ1) is 8.74. The highest BCUT2D eigenvalue weighted by Crippen LogP contribution is 2.27. The molecule has 3 heteroatoms. The Bertz CT molecular complexity index is 538. The topological polar surface area (TPSA) is 34.1 Å². The molecule has 1 N–H and O–H groups in total. The third-order valence-corrected chi connectivity index (χ3v) is 2.89. The molecule has 1 aromatic carbocycles. The quantitative estimate of drug-likeness (QED) is 0.895. The van der Waals surface area contributed by atoms with Crippen LogP contribution in [0.3, 0.4) is 0 Å². The summed E-state index contributed by atoms with van der Waals surface area (Å²) in [7, 11) is 3.63. The van der Waals surface area contributed by atoms with E-state index in [2.05, 4.69) is 28.5 Å². The molecule has 0 aliphatic carbocycles. The van der Waals surface area contributed by atoms with E-state index in [1.165, 1.54) is 16.7 Å². The monoisotopic (exact) mass is 242 g/mol. The molecule has 2 rings (SSSR count). The summed E-state index contributed by atoms with van der Waals surface area (Å²) in [6, 6.07) is 10.3. The molecule has 1 aromatic heterocycles. The molecule has 0 fully saturated rings. The highest BCUT2D eigenvalue weighted by atomic mass is 16.5. The number of aromatic nitrogens is 1. The lowest BCUT2D eigenvalue weighted by molar-refractivity contribution is 0.414. The molecular weight excluding hydrogens is 224 g/mol. The van der Waals surface area contributed by atoms with Crippen molar-refractivity contribution in [3.8, 4) is 16.9 Å². The number of nitrogens with zero attached hydrogens (tertiary/aromatic N) is 1. The van der Waals surface area contributed by atoms with Gasteiger partial charge in [-0.15, -0.1) is 0 Å². The predicted octanol–water partition coefficient (Wildman–Crippen LogP) is 2.79. The molecule has 0 atom stereocenters. The van der Waals surface area contributed by atoms with E-state index >= 15 is 0 Å². The van der Waals surface area contributed by atoms with Gasteiger partial charge in [0.15, 0.2) is 0 Å². The average Bonchev–Trinajstić information content (AvgIpc) is 2.39. The van der Waals surface area contributed by atoms with Crippen LogP contribution in [0.15, 0.2) is 36.5 Å². The average molecular weight is 242 g/mol. The van der Waals surface area contributed by atoms with Gasteiger partial charge in [-0.2, -0.15) is 0 Å². The molecule has 94 valence electrons. The van der Waals surface area contributed by atoms with Crippen LogP contribution in [0.5, 0.6) is 5.75 Å². The van der Waals surface area contributed by atoms with Crippen molar-refractivity contribution in [2.75, 3.05) is 14.2 Å². The summed E-state index contributed by atoms with van der Waals surface area (Å²) in [6.07, 6.45) is 1.85. The summed E-state index contributed by atoms with van der Waals surface area (Å²) in [5.74, 6) is 0.884. The predicted molar refractivity (Wildman–Crippen MR) is 73.7 cm³/mol. The lowest BCUT2D eigenvalue weighted by Crippen LogP contribution is -2.06. The summed E-state index contributed by atoms with van der Waals surface area (Å²) in [6.45, 7) is 2.82. The van der Waals surface area contributed by atoms with Crippen LogP contribution in [0.4, 0.5) is 0 Å². The Kier molecular flexibility index (Phi) is 3.95. The van der Waals surface area contributed by atoms with Crippen molar-refractivity contribution >= 4 is 0 Å². The van der Waals surface area contributed by atoms with Gasteiger partial charge in [0, 0.05) is 18.4 Å². The molecule has 0 bridgehead atoms. The van der Waals surface area contributed by atoms with Gasteiger partial charge in [0.1, 0.15) is 5.75 Å². The van der Waals surface area contributed by atoms with Gasteiger partial charge in [0.25, 0.3) is 0 Å². The Morgan fingerprint density at radius 1 is 1.22 bits per heavy atom. The van der Waals surface area contributed by atoms with Crippen LogP contribution < -0.4 is 10.1 Å². The first-order valence-corrected chi connectivity index (χ1v) is 5.99. The van der Waals surface area contributed by atoms with Crippen LogP contribution in [0.25, 0.3) is 11.1 Å². The van der Waals surface area contributed by atoms with Crippen LogP contribution in [0, 0.1) is 6.92 Å². The third kappa shape index (κ3) is 2.68. The van der Waals surface area contributed by atoms with E-state index in [4.69, 9.17) is 4.74 Å². The van der Waals surface area contributed by atoms with E-state index in [9.17, 15) is 0 Å². The largest absolute Gasteiger partial charge is 0.497 e. The lowest BCUT2D eigenvalue weighted by Gasteiger charge is -2.11. The molecule has 3 nitrogen and oxygen atoms in total. The van der Waals surface area contributed by atoms with Crippen LogP contribution in [-0.2, 0) is 6.54 Å². The number of aryl methyl sites for hydroxylation is 1. The van der Waals surface area contributed by atoms with Crippen molar-refractivity contribution in [2.24, 2.45) is 0 Å². The number of ether oxygens (including phenoxy) is 1. The molecule has 0 radical (unpaired) electrons. The Hall–Kier alpha value is -1.87. The first-order valence-electron chi connectivity index (χ1n) is 5.99. The molecular formula is C15H18N2O. The van der Waals surface area contributed by atoms with Gasteiger partial charge in [-0.1, -0.05) is 6.07 Å². The zero-order chi connectivity index (χ0) is 13.0. The summed E-state index contributed by atoms with van der Waals surface area (Å²) in [5.41, 5.74) is 4.66. The van der Waals surface area contributed by atoms with Crippen LogP contribution in [-0.4, -0.2) is 19.1 Å². The van der Waals surface area contributed by atoms with E-state index in [-0.39, 0.29) is 0 Å². The fourth-order valence-corrected chi connectivity index (χ4v) is 2.03. The second-order valence-electron chi connectivity index (χ2n) is 4.24. The van der Waals surface area contributed by atoms with Crippen molar-refractivity contribution < 1.29 is 4.74 Å². The van der Waals surface area contributed by atoms with Gasteiger partial charge < -0.3 is 10.1 Å². The second-order valence-corrected chi connectivity index (χ2v) is 4.24. The molecule has 2 aromatic rings. The Balaban J connectivity index is 2.49. The normalized spacial score (nSPS) is 10.4. The van der Waals surface area contributed by atoms with Crippen molar-refractivity contribution in [1.82, 2.24) is 10.3 Å². The Morgan fingerprint density at radius 3 is 2.72 bits per heavy atom. The minimum Gasteiger partial charge on any atom is -0.497 e. The van der Waals surface area contributed by atoms with Crippen LogP contribution in [0.1, 0.15) is 11.3 Å². The minimum absolute atomic E-state index is 0.813. The van der Waals surface area contributed by atoms with Gasteiger partial charge in [-0.25, -0.2) is 0 Å². The van der Waals surface area contributed by atoms with E-state index in [0.29, 0.717) is 0 Å². The number of hydrogen-bond acceptors (Lipinski definition) is 3. The second kappa shape index (κ2) is 5.65. The highest BCUT2D eigenvalue weighted by Gasteiger charge is 2.06. The van der Waals surface area contributed by atoms with Gasteiger partial charge in [0.2, 0.25) is 0 Å². The molecule has 18 heavy (non-hydrogen) atoms. The van der Waals surface area contributed by atoms with E-state index < -0.39 is 0 Å². The van der Waals surface area contributed by atoms with E-state index in [1.807, 2.05) is 32.3 Å². The summed E-state index contributed by atoms with van der Waals surface area (Å²) >= 11 is 0. The molecule has 0 aliphatic heterocycles. The van der Waals surface area contributed by atoms with Gasteiger partial charge in [-0.3, -0.25) is 4.98 Å². The number of rotatable bonds is 4. The van der Waals surface area contributed by atoms with Gasteiger partial charge in [-0.05, 0) is 54.9 Å². The first kappa shape index (κ1) is 12.6. The maximum atomic E-state index is 5.28. The van der Waals surface area contributed by atoms with Crippen LogP contribution in [0.2, 0.25) is 0 Å². The maximum Gasteiger partial charge on any atom is 0.119 e.